The molecular weight excluding hydrogens is 304 g/mol. The lowest BCUT2D eigenvalue weighted by Crippen LogP contribution is -2.22. The second kappa shape index (κ2) is 6.24. The molecule has 2 nitrogen and oxygen atoms in total. The van der Waals surface area contributed by atoms with Crippen molar-refractivity contribution in [1.82, 2.24) is 5.32 Å². The van der Waals surface area contributed by atoms with E-state index in [1.165, 1.54) is 36.4 Å². The van der Waals surface area contributed by atoms with Crippen LogP contribution in [0.25, 0.3) is 0 Å². The minimum atomic E-state index is -0.514. The molecule has 20 heavy (non-hydrogen) atoms. The molecule has 0 aliphatic heterocycles. The molecule has 2 aromatic rings. The molecule has 0 saturated heterocycles. The van der Waals surface area contributed by atoms with Crippen LogP contribution in [0, 0.1) is 11.6 Å². The monoisotopic (exact) mass is 313 g/mol. The summed E-state index contributed by atoms with van der Waals surface area (Å²) in [4.78, 5) is 12.0. The van der Waals surface area contributed by atoms with Crippen molar-refractivity contribution in [2.75, 3.05) is 0 Å². The maximum atomic E-state index is 13.0. The molecule has 2 aromatic carbocycles. The highest BCUT2D eigenvalue weighted by atomic mass is 35.5. The van der Waals surface area contributed by atoms with Gasteiger partial charge in [0.05, 0.1) is 5.02 Å². The molecule has 0 saturated carbocycles. The number of hydrogen-bond donors (Lipinski definition) is 2. The molecule has 1 N–H and O–H groups in total. The van der Waals surface area contributed by atoms with Crippen molar-refractivity contribution in [3.8, 4) is 0 Å². The number of amides is 1. The number of halogens is 3. The Bertz CT molecular complexity index is 664. The van der Waals surface area contributed by atoms with E-state index in [1.807, 2.05) is 0 Å². The van der Waals surface area contributed by atoms with E-state index in [4.69, 9.17) is 11.6 Å². The highest BCUT2D eigenvalue weighted by Gasteiger charge is 2.08. The number of rotatable bonds is 3. The summed E-state index contributed by atoms with van der Waals surface area (Å²) in [5, 5.41) is 2.63. The van der Waals surface area contributed by atoms with E-state index < -0.39 is 11.6 Å². The van der Waals surface area contributed by atoms with E-state index in [9.17, 15) is 13.6 Å². The van der Waals surface area contributed by atoms with Crippen LogP contribution in [0.3, 0.4) is 0 Å². The van der Waals surface area contributed by atoms with Crippen molar-refractivity contribution < 1.29 is 13.6 Å². The van der Waals surface area contributed by atoms with Gasteiger partial charge in [0.25, 0.3) is 5.91 Å². The van der Waals surface area contributed by atoms with Gasteiger partial charge in [0.1, 0.15) is 11.6 Å². The summed E-state index contributed by atoms with van der Waals surface area (Å²) in [5.41, 5.74) is 0.961. The molecule has 0 aliphatic carbocycles. The lowest BCUT2D eigenvalue weighted by atomic mass is 10.2. The molecular formula is C14H10ClF2NOS. The number of thiol groups is 1. The Morgan fingerprint density at radius 3 is 2.50 bits per heavy atom. The average molecular weight is 314 g/mol. The first-order valence-electron chi connectivity index (χ1n) is 5.68. The summed E-state index contributed by atoms with van der Waals surface area (Å²) < 4.78 is 26.0. The van der Waals surface area contributed by atoms with Crippen LogP contribution in [-0.4, -0.2) is 5.91 Å². The largest absolute Gasteiger partial charge is 0.348 e. The van der Waals surface area contributed by atoms with Crippen molar-refractivity contribution >= 4 is 30.1 Å². The quantitative estimate of drug-likeness (QED) is 0.828. The highest BCUT2D eigenvalue weighted by Crippen LogP contribution is 2.17. The Kier molecular flexibility index (Phi) is 4.62. The molecule has 0 bridgehead atoms. The van der Waals surface area contributed by atoms with Gasteiger partial charge in [-0.15, -0.1) is 12.6 Å². The SMILES string of the molecule is O=C(NCc1ccc(F)c(Cl)c1)c1ccc(F)c(S)c1. The summed E-state index contributed by atoms with van der Waals surface area (Å²) in [5.74, 6) is -1.38. The molecule has 0 spiro atoms. The van der Waals surface area contributed by atoms with Gasteiger partial charge in [0, 0.05) is 17.0 Å². The van der Waals surface area contributed by atoms with Gasteiger partial charge in [0.15, 0.2) is 0 Å². The fourth-order valence-corrected chi connectivity index (χ4v) is 2.00. The van der Waals surface area contributed by atoms with Gasteiger partial charge >= 0.3 is 0 Å². The summed E-state index contributed by atoms with van der Waals surface area (Å²) >= 11 is 9.56. The van der Waals surface area contributed by atoms with Crippen molar-refractivity contribution in [1.29, 1.82) is 0 Å². The van der Waals surface area contributed by atoms with Gasteiger partial charge < -0.3 is 5.32 Å². The molecule has 1 amide bonds. The van der Waals surface area contributed by atoms with Crippen LogP contribution in [-0.2, 0) is 6.54 Å². The molecule has 0 radical (unpaired) electrons. The third-order valence-corrected chi connectivity index (χ3v) is 3.28. The first kappa shape index (κ1) is 14.8. The maximum absolute atomic E-state index is 13.0. The molecule has 0 unspecified atom stereocenters. The Labute approximate surface area is 125 Å². The van der Waals surface area contributed by atoms with E-state index in [2.05, 4.69) is 17.9 Å². The fraction of sp³-hybridized carbons (Fsp3) is 0.0714. The van der Waals surface area contributed by atoms with Crippen LogP contribution in [0.15, 0.2) is 41.3 Å². The van der Waals surface area contributed by atoms with Gasteiger partial charge in [-0.1, -0.05) is 17.7 Å². The Morgan fingerprint density at radius 1 is 1.15 bits per heavy atom. The number of carbonyl (C=O) groups excluding carboxylic acids is 1. The summed E-state index contributed by atoms with van der Waals surface area (Å²) in [6.45, 7) is 0.193. The lowest BCUT2D eigenvalue weighted by Gasteiger charge is -2.07. The Hall–Kier alpha value is -1.59. The zero-order valence-corrected chi connectivity index (χ0v) is 11.8. The Morgan fingerprint density at radius 2 is 1.85 bits per heavy atom. The van der Waals surface area contributed by atoms with E-state index in [1.54, 1.807) is 0 Å². The van der Waals surface area contributed by atoms with Crippen molar-refractivity contribution in [2.24, 2.45) is 0 Å². The molecule has 0 heterocycles. The van der Waals surface area contributed by atoms with Gasteiger partial charge in [-0.25, -0.2) is 8.78 Å². The predicted molar refractivity (Wildman–Crippen MR) is 76.2 cm³/mol. The third-order valence-electron chi connectivity index (χ3n) is 2.65. The zero-order valence-electron chi connectivity index (χ0n) is 10.2. The second-order valence-electron chi connectivity index (χ2n) is 4.10. The average Bonchev–Trinajstić information content (AvgIpc) is 2.43. The maximum Gasteiger partial charge on any atom is 0.251 e. The van der Waals surface area contributed by atoms with Crippen LogP contribution in [0.1, 0.15) is 15.9 Å². The van der Waals surface area contributed by atoms with E-state index in [0.29, 0.717) is 11.1 Å². The van der Waals surface area contributed by atoms with Crippen LogP contribution in [0.5, 0.6) is 0 Å². The molecule has 2 rings (SSSR count). The van der Waals surface area contributed by atoms with Crippen LogP contribution >= 0.6 is 24.2 Å². The van der Waals surface area contributed by atoms with Crippen molar-refractivity contribution in [2.45, 2.75) is 11.4 Å². The van der Waals surface area contributed by atoms with Gasteiger partial charge in [-0.2, -0.15) is 0 Å². The molecule has 0 fully saturated rings. The molecule has 0 aromatic heterocycles. The summed E-state index contributed by atoms with van der Waals surface area (Å²) in [6, 6.07) is 8.06. The van der Waals surface area contributed by atoms with E-state index >= 15 is 0 Å². The van der Waals surface area contributed by atoms with Crippen LogP contribution < -0.4 is 5.32 Å². The van der Waals surface area contributed by atoms with Crippen molar-refractivity contribution in [3.05, 3.63) is 64.2 Å². The first-order valence-corrected chi connectivity index (χ1v) is 6.50. The summed E-state index contributed by atoms with van der Waals surface area (Å²) in [6.07, 6.45) is 0. The predicted octanol–water partition coefficient (Wildman–Crippen LogP) is 3.84. The molecule has 104 valence electrons. The van der Waals surface area contributed by atoms with Crippen molar-refractivity contribution in [3.63, 3.8) is 0 Å². The van der Waals surface area contributed by atoms with Crippen LogP contribution in [0.4, 0.5) is 8.78 Å². The topological polar surface area (TPSA) is 29.1 Å². The number of carbonyl (C=O) groups is 1. The Balaban J connectivity index is 2.04. The van der Waals surface area contributed by atoms with Gasteiger partial charge in [-0.3, -0.25) is 4.79 Å². The van der Waals surface area contributed by atoms with Gasteiger partial charge in [0.2, 0.25) is 0 Å². The van der Waals surface area contributed by atoms with Gasteiger partial charge in [-0.05, 0) is 35.9 Å². The number of benzene rings is 2. The molecule has 6 heteroatoms. The van der Waals surface area contributed by atoms with E-state index in [0.717, 1.165) is 0 Å². The smallest absolute Gasteiger partial charge is 0.251 e. The first-order chi connectivity index (χ1) is 9.47. The number of hydrogen-bond acceptors (Lipinski definition) is 2. The standard InChI is InChI=1S/C14H10ClF2NOS/c15-10-5-8(1-3-11(10)16)7-18-14(19)9-2-4-12(17)13(20)6-9/h1-6,20H,7H2,(H,18,19). The second-order valence-corrected chi connectivity index (χ2v) is 4.99. The fourth-order valence-electron chi connectivity index (χ4n) is 1.59. The highest BCUT2D eigenvalue weighted by molar-refractivity contribution is 7.80. The van der Waals surface area contributed by atoms with Crippen LogP contribution in [0.2, 0.25) is 5.02 Å². The van der Waals surface area contributed by atoms with E-state index in [-0.39, 0.29) is 22.4 Å². The number of nitrogens with one attached hydrogen (secondary N) is 1. The third kappa shape index (κ3) is 3.49. The zero-order chi connectivity index (χ0) is 14.7. The minimum Gasteiger partial charge on any atom is -0.348 e. The molecule has 0 aliphatic rings. The normalized spacial score (nSPS) is 10.4. The lowest BCUT2D eigenvalue weighted by molar-refractivity contribution is 0.0950. The molecule has 0 atom stereocenters. The minimum absolute atomic E-state index is 0.00354. The summed E-state index contributed by atoms with van der Waals surface area (Å²) in [7, 11) is 0.